The van der Waals surface area contributed by atoms with Gasteiger partial charge in [0.2, 0.25) is 5.91 Å². The van der Waals surface area contributed by atoms with Gasteiger partial charge in [-0.25, -0.2) is 12.8 Å². The standard InChI is InChI=1S/C20H22FN5O4S/c21-16-2-4-17(5-3-16)22-19(27)14-24-7-9-25(10-8-24)20(28)15-1-6-18-23-31(29,30)12-11-26(18)13-15/h1-6,13H,7-12,14H2,(H,22,27). The van der Waals surface area contributed by atoms with Crippen molar-refractivity contribution >= 4 is 33.4 Å². The van der Waals surface area contributed by atoms with Crippen molar-refractivity contribution in [2.75, 3.05) is 50.3 Å². The van der Waals surface area contributed by atoms with E-state index in [1.165, 1.54) is 24.3 Å². The lowest BCUT2D eigenvalue weighted by Gasteiger charge is -2.35. The number of amidine groups is 1. The number of nitrogens with zero attached hydrogens (tertiary/aromatic N) is 4. The second-order valence-electron chi connectivity index (χ2n) is 7.47. The van der Waals surface area contributed by atoms with Gasteiger partial charge in [0.25, 0.3) is 15.9 Å². The van der Waals surface area contributed by atoms with Crippen LogP contribution in [0, 0.1) is 5.82 Å². The fourth-order valence-corrected chi connectivity index (χ4v) is 4.53. The van der Waals surface area contributed by atoms with Crippen LogP contribution in [0.5, 0.6) is 0 Å². The summed E-state index contributed by atoms with van der Waals surface area (Å²) in [5.74, 6) is -0.466. The Balaban J connectivity index is 1.28. The first-order valence-electron chi connectivity index (χ1n) is 9.85. The van der Waals surface area contributed by atoms with E-state index in [1.807, 2.05) is 4.90 Å². The molecule has 1 N–H and O–H groups in total. The smallest absolute Gasteiger partial charge is 0.256 e. The molecule has 1 aromatic carbocycles. The van der Waals surface area contributed by atoms with Gasteiger partial charge in [-0.15, -0.1) is 4.40 Å². The summed E-state index contributed by atoms with van der Waals surface area (Å²) in [6.45, 7) is 2.50. The number of hydrogen-bond acceptors (Lipinski definition) is 6. The number of carbonyl (C=O) groups excluding carboxylic acids is 2. The molecule has 3 aliphatic heterocycles. The fraction of sp³-hybridized carbons (Fsp3) is 0.350. The van der Waals surface area contributed by atoms with Gasteiger partial charge in [-0.05, 0) is 36.4 Å². The van der Waals surface area contributed by atoms with Gasteiger partial charge >= 0.3 is 0 Å². The van der Waals surface area contributed by atoms with Crippen LogP contribution in [0.2, 0.25) is 0 Å². The Morgan fingerprint density at radius 2 is 1.74 bits per heavy atom. The van der Waals surface area contributed by atoms with Crippen LogP contribution >= 0.6 is 0 Å². The molecule has 0 aromatic heterocycles. The summed E-state index contributed by atoms with van der Waals surface area (Å²) >= 11 is 0. The number of nitrogens with one attached hydrogen (secondary N) is 1. The second kappa shape index (κ2) is 8.60. The van der Waals surface area contributed by atoms with Crippen molar-refractivity contribution in [2.24, 2.45) is 4.40 Å². The maximum atomic E-state index is 13.0. The molecular formula is C20H22FN5O4S. The summed E-state index contributed by atoms with van der Waals surface area (Å²) < 4.78 is 39.9. The Labute approximate surface area is 179 Å². The van der Waals surface area contributed by atoms with Crippen LogP contribution in [-0.2, 0) is 19.6 Å². The van der Waals surface area contributed by atoms with Crippen molar-refractivity contribution in [3.8, 4) is 0 Å². The number of rotatable bonds is 4. The number of fused-ring (bicyclic) bond motifs is 1. The summed E-state index contributed by atoms with van der Waals surface area (Å²) in [6.07, 6.45) is 4.76. The zero-order chi connectivity index (χ0) is 22.0. The fourth-order valence-electron chi connectivity index (χ4n) is 3.56. The Kier molecular flexibility index (Phi) is 5.88. The largest absolute Gasteiger partial charge is 0.336 e. The van der Waals surface area contributed by atoms with E-state index in [0.717, 1.165) is 0 Å². The van der Waals surface area contributed by atoms with Crippen molar-refractivity contribution in [2.45, 2.75) is 0 Å². The first-order chi connectivity index (χ1) is 14.8. The third kappa shape index (κ3) is 5.17. The molecule has 0 aliphatic carbocycles. The Morgan fingerprint density at radius 1 is 1.03 bits per heavy atom. The average molecular weight is 447 g/mol. The van der Waals surface area contributed by atoms with Gasteiger partial charge in [0, 0.05) is 44.6 Å². The second-order valence-corrected chi connectivity index (χ2v) is 9.22. The third-order valence-electron chi connectivity index (χ3n) is 5.23. The Hall–Kier alpha value is -3.05. The minimum atomic E-state index is -3.43. The highest BCUT2D eigenvalue weighted by atomic mass is 32.2. The van der Waals surface area contributed by atoms with E-state index >= 15 is 0 Å². The number of hydrogen-bond donors (Lipinski definition) is 1. The van der Waals surface area contributed by atoms with E-state index in [0.29, 0.717) is 43.3 Å². The summed E-state index contributed by atoms with van der Waals surface area (Å²) in [6, 6.07) is 5.57. The van der Waals surface area contributed by atoms with Gasteiger partial charge in [-0.1, -0.05) is 0 Å². The zero-order valence-electron chi connectivity index (χ0n) is 16.7. The lowest BCUT2D eigenvalue weighted by Crippen LogP contribution is -2.51. The predicted octanol–water partition coefficient (Wildman–Crippen LogP) is 0.406. The van der Waals surface area contributed by atoms with E-state index in [9.17, 15) is 22.4 Å². The molecule has 31 heavy (non-hydrogen) atoms. The predicted molar refractivity (Wildman–Crippen MR) is 113 cm³/mol. The molecule has 11 heteroatoms. The maximum absolute atomic E-state index is 13.0. The van der Waals surface area contributed by atoms with Crippen molar-refractivity contribution < 1.29 is 22.4 Å². The van der Waals surface area contributed by atoms with Gasteiger partial charge < -0.3 is 15.1 Å². The molecule has 2 amide bonds. The molecule has 0 bridgehead atoms. The van der Waals surface area contributed by atoms with Crippen molar-refractivity contribution in [3.05, 3.63) is 54.0 Å². The highest BCUT2D eigenvalue weighted by Crippen LogP contribution is 2.18. The minimum Gasteiger partial charge on any atom is -0.336 e. The lowest BCUT2D eigenvalue weighted by atomic mass is 10.1. The normalized spacial score (nSPS) is 20.5. The molecule has 0 spiro atoms. The molecule has 0 atom stereocenters. The third-order valence-corrected chi connectivity index (χ3v) is 6.39. The lowest BCUT2D eigenvalue weighted by molar-refractivity contribution is -0.128. The van der Waals surface area contributed by atoms with Gasteiger partial charge in [-0.2, -0.15) is 0 Å². The minimum absolute atomic E-state index is 0.0824. The van der Waals surface area contributed by atoms with Crippen LogP contribution in [-0.4, -0.2) is 85.8 Å². The van der Waals surface area contributed by atoms with Crippen LogP contribution in [0.3, 0.4) is 0 Å². The number of piperazine rings is 1. The molecule has 0 unspecified atom stereocenters. The first-order valence-corrected chi connectivity index (χ1v) is 11.5. The van der Waals surface area contributed by atoms with Crippen LogP contribution in [0.4, 0.5) is 10.1 Å². The van der Waals surface area contributed by atoms with Crippen LogP contribution < -0.4 is 5.32 Å². The van der Waals surface area contributed by atoms with E-state index in [2.05, 4.69) is 9.71 Å². The zero-order valence-corrected chi connectivity index (χ0v) is 17.5. The van der Waals surface area contributed by atoms with E-state index in [1.54, 1.807) is 28.2 Å². The molecule has 3 aliphatic rings. The molecule has 0 saturated carbocycles. The molecule has 164 valence electrons. The molecule has 9 nitrogen and oxygen atoms in total. The summed E-state index contributed by atoms with van der Waals surface area (Å²) in [4.78, 5) is 30.4. The number of amides is 2. The quantitative estimate of drug-likeness (QED) is 0.717. The van der Waals surface area contributed by atoms with Gasteiger partial charge in [-0.3, -0.25) is 14.5 Å². The Morgan fingerprint density at radius 3 is 2.45 bits per heavy atom. The highest BCUT2D eigenvalue weighted by Gasteiger charge is 2.28. The Bertz CT molecular complexity index is 1070. The summed E-state index contributed by atoms with van der Waals surface area (Å²) in [5.41, 5.74) is 1.01. The number of anilines is 1. The van der Waals surface area contributed by atoms with Crippen LogP contribution in [0.25, 0.3) is 0 Å². The number of benzene rings is 1. The van der Waals surface area contributed by atoms with Crippen molar-refractivity contribution in [1.82, 2.24) is 14.7 Å². The van der Waals surface area contributed by atoms with Gasteiger partial charge in [0.1, 0.15) is 11.7 Å². The summed E-state index contributed by atoms with van der Waals surface area (Å²) in [7, 11) is -3.43. The molecular weight excluding hydrogens is 425 g/mol. The molecule has 1 saturated heterocycles. The molecule has 1 aromatic rings. The molecule has 1 fully saturated rings. The van der Waals surface area contributed by atoms with Gasteiger partial charge in [0.05, 0.1) is 17.9 Å². The van der Waals surface area contributed by atoms with E-state index in [4.69, 9.17) is 0 Å². The number of halogens is 1. The van der Waals surface area contributed by atoms with Crippen molar-refractivity contribution in [1.29, 1.82) is 0 Å². The first kappa shape index (κ1) is 21.2. The number of sulfonamides is 1. The maximum Gasteiger partial charge on any atom is 0.256 e. The average Bonchev–Trinajstić information content (AvgIpc) is 2.74. The highest BCUT2D eigenvalue weighted by molar-refractivity contribution is 7.90. The van der Waals surface area contributed by atoms with E-state index < -0.39 is 10.0 Å². The van der Waals surface area contributed by atoms with Crippen LogP contribution in [0.15, 0.2) is 52.6 Å². The summed E-state index contributed by atoms with van der Waals surface area (Å²) in [5, 5.41) is 2.73. The SMILES string of the molecule is O=C(CN1CCN(C(=O)C2=CN3CCS(=O)(=O)N=C3C=C2)CC1)Nc1ccc(F)cc1. The topological polar surface area (TPSA) is 102 Å². The van der Waals surface area contributed by atoms with Crippen LogP contribution in [0.1, 0.15) is 0 Å². The molecule has 3 heterocycles. The van der Waals surface area contributed by atoms with Gasteiger partial charge in [0.15, 0.2) is 0 Å². The number of carbonyl (C=O) groups is 2. The molecule has 4 rings (SSSR count). The molecule has 0 radical (unpaired) electrons. The van der Waals surface area contributed by atoms with E-state index in [-0.39, 0.29) is 36.5 Å². The monoisotopic (exact) mass is 447 g/mol. The van der Waals surface area contributed by atoms with Crippen molar-refractivity contribution in [3.63, 3.8) is 0 Å².